The summed E-state index contributed by atoms with van der Waals surface area (Å²) in [5.41, 5.74) is 4.53. The third kappa shape index (κ3) is 4.04. The number of hydrogen-bond donors (Lipinski definition) is 1. The second-order valence-corrected chi connectivity index (χ2v) is 9.12. The molecule has 1 aliphatic heterocycles. The SMILES string of the molecule is Cc1cc(/C=C2\SC(=S)N(c3cccc(Cl)c3)C2=O)c(C)n1-c1ccc(C(=O)O)cc1. The number of thiocarbonyl (C=S) groups is 1. The van der Waals surface area contributed by atoms with E-state index in [9.17, 15) is 9.59 Å². The van der Waals surface area contributed by atoms with E-state index < -0.39 is 5.97 Å². The number of nitrogens with zero attached hydrogens (tertiary/aromatic N) is 2. The summed E-state index contributed by atoms with van der Waals surface area (Å²) in [7, 11) is 0. The monoisotopic (exact) mass is 468 g/mol. The molecule has 31 heavy (non-hydrogen) atoms. The second-order valence-electron chi connectivity index (χ2n) is 7.01. The Hall–Kier alpha value is -2.87. The maximum Gasteiger partial charge on any atom is 0.335 e. The third-order valence-electron chi connectivity index (χ3n) is 4.99. The number of halogens is 1. The molecule has 0 atom stereocenters. The van der Waals surface area contributed by atoms with E-state index in [1.54, 1.807) is 48.5 Å². The zero-order valence-corrected chi connectivity index (χ0v) is 19.0. The van der Waals surface area contributed by atoms with Crippen molar-refractivity contribution in [3.63, 3.8) is 0 Å². The zero-order valence-electron chi connectivity index (χ0n) is 16.6. The van der Waals surface area contributed by atoms with Crippen LogP contribution in [0.1, 0.15) is 27.3 Å². The first-order valence-corrected chi connectivity index (χ1v) is 10.9. The van der Waals surface area contributed by atoms with Crippen molar-refractivity contribution < 1.29 is 14.7 Å². The third-order valence-corrected chi connectivity index (χ3v) is 6.53. The molecular weight excluding hydrogens is 452 g/mol. The molecule has 2 aromatic carbocycles. The van der Waals surface area contributed by atoms with Crippen LogP contribution in [0.2, 0.25) is 5.02 Å². The van der Waals surface area contributed by atoms with E-state index in [1.165, 1.54) is 16.7 Å². The van der Waals surface area contributed by atoms with E-state index in [1.807, 2.05) is 30.6 Å². The molecule has 2 heterocycles. The van der Waals surface area contributed by atoms with Gasteiger partial charge in [-0.25, -0.2) is 4.79 Å². The summed E-state index contributed by atoms with van der Waals surface area (Å²) in [5, 5.41) is 9.65. The summed E-state index contributed by atoms with van der Waals surface area (Å²) in [6, 6.07) is 15.7. The Labute approximate surface area is 193 Å². The second kappa shape index (κ2) is 8.34. The normalized spacial score (nSPS) is 15.2. The van der Waals surface area contributed by atoms with Gasteiger partial charge < -0.3 is 9.67 Å². The minimum atomic E-state index is -0.963. The lowest BCUT2D eigenvalue weighted by Crippen LogP contribution is -2.27. The highest BCUT2D eigenvalue weighted by atomic mass is 35.5. The van der Waals surface area contributed by atoms with Crippen molar-refractivity contribution in [3.8, 4) is 5.69 Å². The highest BCUT2D eigenvalue weighted by Crippen LogP contribution is 2.37. The maximum atomic E-state index is 13.1. The molecule has 156 valence electrons. The fourth-order valence-electron chi connectivity index (χ4n) is 3.53. The van der Waals surface area contributed by atoms with E-state index >= 15 is 0 Å². The quantitative estimate of drug-likeness (QED) is 0.384. The molecule has 0 bridgehead atoms. The van der Waals surface area contributed by atoms with Crippen LogP contribution in [0.4, 0.5) is 5.69 Å². The number of hydrogen-bond acceptors (Lipinski definition) is 4. The van der Waals surface area contributed by atoms with Crippen LogP contribution in [0.15, 0.2) is 59.5 Å². The van der Waals surface area contributed by atoms with Crippen molar-refractivity contribution >= 4 is 63.5 Å². The molecule has 0 unspecified atom stereocenters. The van der Waals surface area contributed by atoms with Crippen molar-refractivity contribution in [3.05, 3.63) is 87.0 Å². The smallest absolute Gasteiger partial charge is 0.335 e. The lowest BCUT2D eigenvalue weighted by Gasteiger charge is -2.14. The predicted octanol–water partition coefficient (Wildman–Crippen LogP) is 5.85. The summed E-state index contributed by atoms with van der Waals surface area (Å²) < 4.78 is 2.48. The number of amides is 1. The first-order valence-electron chi connectivity index (χ1n) is 9.32. The molecule has 1 aliphatic rings. The minimum absolute atomic E-state index is 0.187. The largest absolute Gasteiger partial charge is 0.478 e. The van der Waals surface area contributed by atoms with Gasteiger partial charge in [0.05, 0.1) is 16.2 Å². The molecule has 1 saturated heterocycles. The van der Waals surface area contributed by atoms with E-state index in [4.69, 9.17) is 28.9 Å². The fourth-order valence-corrected chi connectivity index (χ4v) is 5.01. The fraction of sp³-hybridized carbons (Fsp3) is 0.0870. The topological polar surface area (TPSA) is 62.5 Å². The van der Waals surface area contributed by atoms with Gasteiger partial charge in [0.15, 0.2) is 4.32 Å². The van der Waals surface area contributed by atoms with Gasteiger partial charge in [0, 0.05) is 22.1 Å². The van der Waals surface area contributed by atoms with Crippen LogP contribution in [0, 0.1) is 13.8 Å². The summed E-state index contributed by atoms with van der Waals surface area (Å²) >= 11 is 12.8. The molecule has 3 aromatic rings. The summed E-state index contributed by atoms with van der Waals surface area (Å²) in [6.45, 7) is 3.92. The van der Waals surface area contributed by atoms with Crippen LogP contribution < -0.4 is 4.90 Å². The molecule has 1 amide bonds. The highest BCUT2D eigenvalue weighted by molar-refractivity contribution is 8.27. The lowest BCUT2D eigenvalue weighted by molar-refractivity contribution is -0.113. The van der Waals surface area contributed by atoms with Gasteiger partial charge in [0.25, 0.3) is 5.91 Å². The van der Waals surface area contributed by atoms with Gasteiger partial charge in [0.1, 0.15) is 0 Å². The van der Waals surface area contributed by atoms with Gasteiger partial charge in [-0.1, -0.05) is 41.6 Å². The summed E-state index contributed by atoms with van der Waals surface area (Å²) in [6.07, 6.45) is 1.84. The predicted molar refractivity (Wildman–Crippen MR) is 129 cm³/mol. The first kappa shape index (κ1) is 21.4. The molecule has 0 radical (unpaired) electrons. The summed E-state index contributed by atoms with van der Waals surface area (Å²) in [4.78, 5) is 26.2. The molecule has 0 aliphatic carbocycles. The van der Waals surface area contributed by atoms with E-state index in [2.05, 4.69) is 0 Å². The Kier molecular flexibility index (Phi) is 5.75. The standard InChI is InChI=1S/C23H17ClN2O3S2/c1-13-10-16(14(2)25(13)18-8-6-15(7-9-18)22(28)29)11-20-21(27)26(23(30)31-20)19-5-3-4-17(24)12-19/h3-12H,1-2H3,(H,28,29)/b20-11-. The number of rotatable bonds is 4. The Morgan fingerprint density at radius 3 is 2.45 bits per heavy atom. The Balaban J connectivity index is 1.68. The maximum absolute atomic E-state index is 13.1. The molecular formula is C23H17ClN2O3S2. The number of carboxylic acids is 1. The lowest BCUT2D eigenvalue weighted by atomic mass is 10.2. The summed E-state index contributed by atoms with van der Waals surface area (Å²) in [5.74, 6) is -1.15. The van der Waals surface area contributed by atoms with Gasteiger partial charge in [-0.15, -0.1) is 0 Å². The van der Waals surface area contributed by atoms with Gasteiger partial charge >= 0.3 is 5.97 Å². The number of carboxylic acid groups (broad SMARTS) is 1. The number of aryl methyl sites for hydroxylation is 1. The number of carbonyl (C=O) groups is 2. The molecule has 1 aromatic heterocycles. The van der Waals surface area contributed by atoms with Crippen molar-refractivity contribution in [2.24, 2.45) is 0 Å². The minimum Gasteiger partial charge on any atom is -0.478 e. The number of thioether (sulfide) groups is 1. The van der Waals surface area contributed by atoms with Gasteiger partial charge in [0.2, 0.25) is 0 Å². The molecule has 8 heteroatoms. The number of anilines is 1. The molecule has 1 N–H and O–H groups in total. The Morgan fingerprint density at radius 2 is 1.81 bits per heavy atom. The van der Waals surface area contributed by atoms with Crippen LogP contribution in [0.3, 0.4) is 0 Å². The van der Waals surface area contributed by atoms with Crippen LogP contribution in [0.25, 0.3) is 11.8 Å². The van der Waals surface area contributed by atoms with Crippen molar-refractivity contribution in [1.82, 2.24) is 4.57 Å². The molecule has 1 fully saturated rings. The van der Waals surface area contributed by atoms with Crippen LogP contribution in [0.5, 0.6) is 0 Å². The molecule has 5 nitrogen and oxygen atoms in total. The number of aromatic nitrogens is 1. The van der Waals surface area contributed by atoms with Crippen molar-refractivity contribution in [2.75, 3.05) is 4.90 Å². The van der Waals surface area contributed by atoms with Crippen LogP contribution >= 0.6 is 35.6 Å². The van der Waals surface area contributed by atoms with E-state index in [0.717, 1.165) is 22.6 Å². The zero-order chi connectivity index (χ0) is 22.3. The van der Waals surface area contributed by atoms with Gasteiger partial charge in [-0.2, -0.15) is 0 Å². The highest BCUT2D eigenvalue weighted by Gasteiger charge is 2.33. The average Bonchev–Trinajstić information content (AvgIpc) is 3.16. The molecule has 4 rings (SSSR count). The number of benzene rings is 2. The van der Waals surface area contributed by atoms with E-state index in [-0.39, 0.29) is 11.5 Å². The number of aromatic carboxylic acids is 1. The molecule has 0 saturated carbocycles. The van der Waals surface area contributed by atoms with Gasteiger partial charge in [-0.05, 0) is 74.0 Å². The van der Waals surface area contributed by atoms with Crippen LogP contribution in [-0.4, -0.2) is 25.9 Å². The van der Waals surface area contributed by atoms with Crippen molar-refractivity contribution in [2.45, 2.75) is 13.8 Å². The van der Waals surface area contributed by atoms with Crippen molar-refractivity contribution in [1.29, 1.82) is 0 Å². The Bertz CT molecular complexity index is 1260. The van der Waals surface area contributed by atoms with E-state index in [0.29, 0.717) is 19.9 Å². The van der Waals surface area contributed by atoms with Gasteiger partial charge in [-0.3, -0.25) is 9.69 Å². The first-order chi connectivity index (χ1) is 14.8. The number of carbonyl (C=O) groups excluding carboxylic acids is 1. The van der Waals surface area contributed by atoms with Crippen LogP contribution in [-0.2, 0) is 4.79 Å². The molecule has 0 spiro atoms. The average molecular weight is 469 g/mol. The Morgan fingerprint density at radius 1 is 1.10 bits per heavy atom.